The van der Waals surface area contributed by atoms with E-state index in [1.807, 2.05) is 13.8 Å². The fourth-order valence-corrected chi connectivity index (χ4v) is 2.02. The standard InChI is InChI=1S/C14H13BrClFN2O/c1-7(2)13-18-12(16)8(3)14(19-13)20-9-4-5-11(17)10(15)6-9/h4-7H,1-3H3. The van der Waals surface area contributed by atoms with Gasteiger partial charge in [0.25, 0.3) is 0 Å². The first-order chi connectivity index (χ1) is 9.38. The summed E-state index contributed by atoms with van der Waals surface area (Å²) in [4.78, 5) is 8.56. The summed E-state index contributed by atoms with van der Waals surface area (Å²) in [5.74, 6) is 1.25. The molecule has 0 aliphatic carbocycles. The molecule has 0 aliphatic heterocycles. The summed E-state index contributed by atoms with van der Waals surface area (Å²) in [5, 5.41) is 0.361. The van der Waals surface area contributed by atoms with Crippen molar-refractivity contribution in [2.24, 2.45) is 0 Å². The van der Waals surface area contributed by atoms with Gasteiger partial charge in [-0.15, -0.1) is 0 Å². The van der Waals surface area contributed by atoms with Crippen LogP contribution in [0.2, 0.25) is 5.15 Å². The van der Waals surface area contributed by atoms with E-state index in [0.717, 1.165) is 0 Å². The van der Waals surface area contributed by atoms with Gasteiger partial charge in [0.1, 0.15) is 22.5 Å². The summed E-state index contributed by atoms with van der Waals surface area (Å²) < 4.78 is 19.2. The van der Waals surface area contributed by atoms with Crippen molar-refractivity contribution < 1.29 is 9.13 Å². The van der Waals surface area contributed by atoms with Crippen LogP contribution in [0.4, 0.5) is 4.39 Å². The number of rotatable bonds is 3. The van der Waals surface area contributed by atoms with Gasteiger partial charge in [0, 0.05) is 11.5 Å². The minimum Gasteiger partial charge on any atom is -0.439 e. The zero-order valence-electron chi connectivity index (χ0n) is 11.2. The Morgan fingerprint density at radius 2 is 2.00 bits per heavy atom. The lowest BCUT2D eigenvalue weighted by atomic mass is 10.2. The van der Waals surface area contributed by atoms with Crippen LogP contribution in [0.5, 0.6) is 11.6 Å². The largest absolute Gasteiger partial charge is 0.439 e. The molecule has 0 amide bonds. The molecule has 0 saturated heterocycles. The van der Waals surface area contributed by atoms with E-state index in [1.165, 1.54) is 12.1 Å². The summed E-state index contributed by atoms with van der Waals surface area (Å²) in [5.41, 5.74) is 0.650. The monoisotopic (exact) mass is 358 g/mol. The second-order valence-electron chi connectivity index (χ2n) is 4.64. The lowest BCUT2D eigenvalue weighted by Crippen LogP contribution is -2.02. The molecule has 0 saturated carbocycles. The normalized spacial score (nSPS) is 10.9. The Bertz CT molecular complexity index is 649. The van der Waals surface area contributed by atoms with Crippen molar-refractivity contribution in [3.8, 4) is 11.6 Å². The van der Waals surface area contributed by atoms with Crippen molar-refractivity contribution in [1.82, 2.24) is 9.97 Å². The predicted octanol–water partition coefficient (Wildman–Crippen LogP) is 5.26. The second-order valence-corrected chi connectivity index (χ2v) is 5.85. The molecule has 0 fully saturated rings. The third-order valence-corrected chi connectivity index (χ3v) is 3.66. The van der Waals surface area contributed by atoms with Crippen molar-refractivity contribution in [3.63, 3.8) is 0 Å². The molecular formula is C14H13BrClFN2O. The molecule has 3 nitrogen and oxygen atoms in total. The lowest BCUT2D eigenvalue weighted by Gasteiger charge is -2.12. The van der Waals surface area contributed by atoms with Gasteiger partial charge in [-0.25, -0.2) is 9.37 Å². The summed E-state index contributed by atoms with van der Waals surface area (Å²) in [6, 6.07) is 4.39. The Kier molecular flexibility index (Phi) is 4.60. The zero-order valence-corrected chi connectivity index (χ0v) is 13.6. The third kappa shape index (κ3) is 3.27. The molecule has 0 radical (unpaired) electrons. The van der Waals surface area contributed by atoms with Gasteiger partial charge < -0.3 is 4.74 Å². The predicted molar refractivity (Wildman–Crippen MR) is 80.0 cm³/mol. The van der Waals surface area contributed by atoms with Crippen molar-refractivity contribution in [2.75, 3.05) is 0 Å². The lowest BCUT2D eigenvalue weighted by molar-refractivity contribution is 0.450. The van der Waals surface area contributed by atoms with E-state index < -0.39 is 0 Å². The number of hydrogen-bond donors (Lipinski definition) is 0. The minimum atomic E-state index is -0.349. The summed E-state index contributed by atoms with van der Waals surface area (Å²) in [7, 11) is 0. The average Bonchev–Trinajstić information content (AvgIpc) is 2.38. The molecule has 0 spiro atoms. The first-order valence-corrected chi connectivity index (χ1v) is 7.22. The number of ether oxygens (including phenoxy) is 1. The van der Waals surface area contributed by atoms with Crippen LogP contribution < -0.4 is 4.74 Å². The molecule has 2 aromatic rings. The van der Waals surface area contributed by atoms with Crippen LogP contribution in [0.1, 0.15) is 31.2 Å². The van der Waals surface area contributed by atoms with Crippen LogP contribution in [-0.4, -0.2) is 9.97 Å². The summed E-state index contributed by atoms with van der Waals surface area (Å²) in [6.07, 6.45) is 0. The molecule has 0 atom stereocenters. The molecule has 0 unspecified atom stereocenters. The van der Waals surface area contributed by atoms with E-state index in [9.17, 15) is 4.39 Å². The number of hydrogen-bond acceptors (Lipinski definition) is 3. The van der Waals surface area contributed by atoms with Gasteiger partial charge in [0.15, 0.2) is 0 Å². The first kappa shape index (κ1) is 15.2. The number of nitrogens with zero attached hydrogens (tertiary/aromatic N) is 2. The molecule has 1 heterocycles. The van der Waals surface area contributed by atoms with Crippen molar-refractivity contribution in [3.05, 3.63) is 45.0 Å². The highest BCUT2D eigenvalue weighted by Crippen LogP contribution is 2.30. The second kappa shape index (κ2) is 6.06. The molecule has 1 aromatic heterocycles. The van der Waals surface area contributed by atoms with Crippen molar-refractivity contribution in [2.45, 2.75) is 26.7 Å². The van der Waals surface area contributed by atoms with Gasteiger partial charge >= 0.3 is 0 Å². The van der Waals surface area contributed by atoms with Crippen LogP contribution >= 0.6 is 27.5 Å². The maximum absolute atomic E-state index is 13.2. The molecule has 2 rings (SSSR count). The first-order valence-electron chi connectivity index (χ1n) is 6.05. The van der Waals surface area contributed by atoms with E-state index in [4.69, 9.17) is 16.3 Å². The highest BCUT2D eigenvalue weighted by molar-refractivity contribution is 9.10. The number of aromatic nitrogens is 2. The highest BCUT2D eigenvalue weighted by atomic mass is 79.9. The van der Waals surface area contributed by atoms with Crippen LogP contribution in [0.25, 0.3) is 0 Å². The fraction of sp³-hybridized carbons (Fsp3) is 0.286. The summed E-state index contributed by atoms with van der Waals surface area (Å²) >= 11 is 9.20. The Morgan fingerprint density at radius 3 is 2.60 bits per heavy atom. The van der Waals surface area contributed by atoms with E-state index in [1.54, 1.807) is 13.0 Å². The van der Waals surface area contributed by atoms with Gasteiger partial charge in [-0.2, -0.15) is 4.98 Å². The quantitative estimate of drug-likeness (QED) is 0.702. The zero-order chi connectivity index (χ0) is 14.9. The van der Waals surface area contributed by atoms with E-state index >= 15 is 0 Å². The Morgan fingerprint density at radius 1 is 1.30 bits per heavy atom. The van der Waals surface area contributed by atoms with Gasteiger partial charge in [0.2, 0.25) is 5.88 Å². The van der Waals surface area contributed by atoms with E-state index in [0.29, 0.717) is 32.6 Å². The molecule has 20 heavy (non-hydrogen) atoms. The molecule has 0 N–H and O–H groups in total. The van der Waals surface area contributed by atoms with Crippen molar-refractivity contribution in [1.29, 1.82) is 0 Å². The van der Waals surface area contributed by atoms with Gasteiger partial charge in [0.05, 0.1) is 4.47 Å². The third-order valence-electron chi connectivity index (χ3n) is 2.68. The van der Waals surface area contributed by atoms with E-state index in [2.05, 4.69) is 25.9 Å². The maximum Gasteiger partial charge on any atom is 0.226 e. The topological polar surface area (TPSA) is 35.0 Å². The Labute approximate surface area is 130 Å². The van der Waals surface area contributed by atoms with Crippen LogP contribution in [0, 0.1) is 12.7 Å². The van der Waals surface area contributed by atoms with Crippen molar-refractivity contribution >= 4 is 27.5 Å². The van der Waals surface area contributed by atoms with E-state index in [-0.39, 0.29) is 11.7 Å². The molecule has 106 valence electrons. The molecule has 0 bridgehead atoms. The molecule has 6 heteroatoms. The molecule has 1 aromatic carbocycles. The van der Waals surface area contributed by atoms with Crippen LogP contribution in [0.15, 0.2) is 22.7 Å². The smallest absolute Gasteiger partial charge is 0.226 e. The summed E-state index contributed by atoms with van der Waals surface area (Å²) in [6.45, 7) is 5.72. The molecular weight excluding hydrogens is 347 g/mol. The van der Waals surface area contributed by atoms with Gasteiger partial charge in [-0.1, -0.05) is 25.4 Å². The fourth-order valence-electron chi connectivity index (χ4n) is 1.50. The van der Waals surface area contributed by atoms with Crippen LogP contribution in [0.3, 0.4) is 0 Å². The average molecular weight is 360 g/mol. The highest BCUT2D eigenvalue weighted by Gasteiger charge is 2.14. The number of benzene rings is 1. The number of halogens is 3. The Hall–Kier alpha value is -1.20. The SMILES string of the molecule is Cc1c(Cl)nc(C(C)C)nc1Oc1ccc(F)c(Br)c1. The minimum absolute atomic E-state index is 0.135. The van der Waals surface area contributed by atoms with Gasteiger partial charge in [-0.3, -0.25) is 0 Å². The maximum atomic E-state index is 13.2. The Balaban J connectivity index is 2.39. The molecule has 0 aliphatic rings. The van der Waals surface area contributed by atoms with Gasteiger partial charge in [-0.05, 0) is 41.1 Å². The van der Waals surface area contributed by atoms with Crippen LogP contribution in [-0.2, 0) is 0 Å².